The van der Waals surface area contributed by atoms with Crippen molar-refractivity contribution in [1.29, 1.82) is 0 Å². The summed E-state index contributed by atoms with van der Waals surface area (Å²) in [7, 11) is 0. The number of rotatable bonds is 3. The fourth-order valence-electron chi connectivity index (χ4n) is 1.90. The number of piperazine rings is 1. The second kappa shape index (κ2) is 5.68. The maximum absolute atomic E-state index is 12.1. The number of benzene rings is 1. The van der Waals surface area contributed by atoms with Gasteiger partial charge in [-0.1, -0.05) is 18.2 Å². The molecule has 92 valence electrons. The zero-order valence-corrected chi connectivity index (χ0v) is 10.1. The summed E-state index contributed by atoms with van der Waals surface area (Å²) in [5.41, 5.74) is 0. The van der Waals surface area contributed by atoms with E-state index in [4.69, 9.17) is 4.74 Å². The van der Waals surface area contributed by atoms with Crippen LogP contribution in [0.15, 0.2) is 30.3 Å². The maximum atomic E-state index is 12.1. The van der Waals surface area contributed by atoms with Crippen LogP contribution in [0.3, 0.4) is 0 Å². The Bertz CT molecular complexity index is 361. The highest BCUT2D eigenvalue weighted by Crippen LogP contribution is 2.12. The van der Waals surface area contributed by atoms with E-state index >= 15 is 0 Å². The van der Waals surface area contributed by atoms with Crippen LogP contribution in [0.25, 0.3) is 0 Å². The van der Waals surface area contributed by atoms with Crippen LogP contribution in [0.4, 0.5) is 0 Å². The number of ether oxygens (including phenoxy) is 1. The highest BCUT2D eigenvalue weighted by Gasteiger charge is 2.23. The summed E-state index contributed by atoms with van der Waals surface area (Å²) in [6.45, 7) is 5.06. The molecule has 1 atom stereocenters. The molecule has 0 spiro atoms. The van der Waals surface area contributed by atoms with Gasteiger partial charge in [0.25, 0.3) is 5.91 Å². The third-order valence-corrected chi connectivity index (χ3v) is 2.83. The molecular formula is C13H18N2O2. The third kappa shape index (κ3) is 3.20. The molecule has 4 nitrogen and oxygen atoms in total. The number of carbonyl (C=O) groups is 1. The van der Waals surface area contributed by atoms with Crippen molar-refractivity contribution in [1.82, 2.24) is 10.2 Å². The SMILES string of the molecule is C[C@H](Oc1ccccc1)C(=O)N1CCNCC1. The van der Waals surface area contributed by atoms with Crippen LogP contribution in [-0.4, -0.2) is 43.1 Å². The predicted molar refractivity (Wildman–Crippen MR) is 66.0 cm³/mol. The van der Waals surface area contributed by atoms with Gasteiger partial charge < -0.3 is 15.0 Å². The van der Waals surface area contributed by atoms with Crippen LogP contribution >= 0.6 is 0 Å². The van der Waals surface area contributed by atoms with E-state index in [9.17, 15) is 4.79 Å². The Morgan fingerprint density at radius 3 is 2.59 bits per heavy atom. The minimum atomic E-state index is -0.421. The fourth-order valence-corrected chi connectivity index (χ4v) is 1.90. The van der Waals surface area contributed by atoms with Gasteiger partial charge in [0.1, 0.15) is 5.75 Å². The molecule has 2 rings (SSSR count). The van der Waals surface area contributed by atoms with Gasteiger partial charge in [-0.05, 0) is 19.1 Å². The van der Waals surface area contributed by atoms with Crippen molar-refractivity contribution >= 4 is 5.91 Å². The molecular weight excluding hydrogens is 216 g/mol. The summed E-state index contributed by atoms with van der Waals surface area (Å²) in [5.74, 6) is 0.804. The average Bonchev–Trinajstić information content (AvgIpc) is 2.40. The van der Waals surface area contributed by atoms with E-state index in [2.05, 4.69) is 5.32 Å². The number of nitrogens with zero attached hydrogens (tertiary/aromatic N) is 1. The van der Waals surface area contributed by atoms with Crippen molar-refractivity contribution in [2.24, 2.45) is 0 Å². The zero-order chi connectivity index (χ0) is 12.1. The first-order valence-corrected chi connectivity index (χ1v) is 5.98. The van der Waals surface area contributed by atoms with Crippen LogP contribution in [0.1, 0.15) is 6.92 Å². The smallest absolute Gasteiger partial charge is 0.263 e. The molecule has 1 N–H and O–H groups in total. The normalized spacial score (nSPS) is 17.6. The molecule has 1 aromatic rings. The lowest BCUT2D eigenvalue weighted by Crippen LogP contribution is -2.50. The first-order chi connectivity index (χ1) is 8.27. The largest absolute Gasteiger partial charge is 0.481 e. The number of hydrogen-bond donors (Lipinski definition) is 1. The second-order valence-electron chi connectivity index (χ2n) is 4.15. The number of hydrogen-bond acceptors (Lipinski definition) is 3. The molecule has 1 aliphatic heterocycles. The summed E-state index contributed by atoms with van der Waals surface area (Å²) in [6.07, 6.45) is -0.421. The van der Waals surface area contributed by atoms with E-state index in [1.807, 2.05) is 35.2 Å². The Labute approximate surface area is 102 Å². The van der Waals surface area contributed by atoms with Gasteiger partial charge in [-0.3, -0.25) is 4.79 Å². The number of para-hydroxylation sites is 1. The van der Waals surface area contributed by atoms with E-state index in [0.29, 0.717) is 0 Å². The summed E-state index contributed by atoms with van der Waals surface area (Å²) in [4.78, 5) is 13.9. The van der Waals surface area contributed by atoms with E-state index in [1.54, 1.807) is 6.92 Å². The monoisotopic (exact) mass is 234 g/mol. The molecule has 17 heavy (non-hydrogen) atoms. The topological polar surface area (TPSA) is 41.6 Å². The van der Waals surface area contributed by atoms with Crippen LogP contribution in [-0.2, 0) is 4.79 Å². The van der Waals surface area contributed by atoms with Gasteiger partial charge in [-0.2, -0.15) is 0 Å². The molecule has 1 fully saturated rings. The van der Waals surface area contributed by atoms with Crippen molar-refractivity contribution in [2.45, 2.75) is 13.0 Å². The number of nitrogens with one attached hydrogen (secondary N) is 1. The highest BCUT2D eigenvalue weighted by molar-refractivity contribution is 5.81. The molecule has 0 aliphatic carbocycles. The van der Waals surface area contributed by atoms with Gasteiger partial charge in [0, 0.05) is 26.2 Å². The zero-order valence-electron chi connectivity index (χ0n) is 10.1. The van der Waals surface area contributed by atoms with Crippen molar-refractivity contribution in [2.75, 3.05) is 26.2 Å². The van der Waals surface area contributed by atoms with Crippen LogP contribution in [0.2, 0.25) is 0 Å². The molecule has 0 aromatic heterocycles. The molecule has 1 amide bonds. The molecule has 1 aliphatic rings. The molecule has 0 unspecified atom stereocenters. The van der Waals surface area contributed by atoms with Gasteiger partial charge >= 0.3 is 0 Å². The first-order valence-electron chi connectivity index (χ1n) is 5.98. The molecule has 1 heterocycles. The van der Waals surface area contributed by atoms with Crippen molar-refractivity contribution in [3.05, 3.63) is 30.3 Å². The van der Waals surface area contributed by atoms with Crippen LogP contribution < -0.4 is 10.1 Å². The Balaban J connectivity index is 1.90. The Hall–Kier alpha value is -1.55. The minimum absolute atomic E-state index is 0.0651. The Morgan fingerprint density at radius 1 is 1.29 bits per heavy atom. The lowest BCUT2D eigenvalue weighted by atomic mass is 10.3. The van der Waals surface area contributed by atoms with E-state index in [-0.39, 0.29) is 5.91 Å². The first kappa shape index (κ1) is 11.9. The molecule has 1 saturated heterocycles. The van der Waals surface area contributed by atoms with Gasteiger partial charge in [0.2, 0.25) is 0 Å². The lowest BCUT2D eigenvalue weighted by molar-refractivity contribution is -0.138. The standard InChI is InChI=1S/C13H18N2O2/c1-11(17-12-5-3-2-4-6-12)13(16)15-9-7-14-8-10-15/h2-6,11,14H,7-10H2,1H3/t11-/m0/s1. The molecule has 4 heteroatoms. The summed E-state index contributed by atoms with van der Waals surface area (Å²) < 4.78 is 5.62. The van der Waals surface area contributed by atoms with Crippen LogP contribution in [0.5, 0.6) is 5.75 Å². The Kier molecular flexibility index (Phi) is 3.98. The van der Waals surface area contributed by atoms with Crippen molar-refractivity contribution in [3.63, 3.8) is 0 Å². The molecule has 0 bridgehead atoms. The highest BCUT2D eigenvalue weighted by atomic mass is 16.5. The second-order valence-corrected chi connectivity index (χ2v) is 4.15. The van der Waals surface area contributed by atoms with Crippen LogP contribution in [0, 0.1) is 0 Å². The molecule has 0 saturated carbocycles. The van der Waals surface area contributed by atoms with Crippen molar-refractivity contribution < 1.29 is 9.53 Å². The van der Waals surface area contributed by atoms with Crippen molar-refractivity contribution in [3.8, 4) is 5.75 Å². The average molecular weight is 234 g/mol. The quantitative estimate of drug-likeness (QED) is 0.844. The number of amides is 1. The lowest BCUT2D eigenvalue weighted by Gasteiger charge is -2.29. The number of carbonyl (C=O) groups excluding carboxylic acids is 1. The van der Waals surface area contributed by atoms with Gasteiger partial charge in [0.05, 0.1) is 0 Å². The van der Waals surface area contributed by atoms with Gasteiger partial charge in [0.15, 0.2) is 6.10 Å². The third-order valence-electron chi connectivity index (χ3n) is 2.83. The van der Waals surface area contributed by atoms with Gasteiger partial charge in [-0.25, -0.2) is 0 Å². The molecule has 1 aromatic carbocycles. The summed E-state index contributed by atoms with van der Waals surface area (Å²) in [6, 6.07) is 9.45. The van der Waals surface area contributed by atoms with E-state index < -0.39 is 6.10 Å². The van der Waals surface area contributed by atoms with E-state index in [1.165, 1.54) is 0 Å². The molecule has 0 radical (unpaired) electrons. The Morgan fingerprint density at radius 2 is 1.94 bits per heavy atom. The summed E-state index contributed by atoms with van der Waals surface area (Å²) >= 11 is 0. The van der Waals surface area contributed by atoms with E-state index in [0.717, 1.165) is 31.9 Å². The fraction of sp³-hybridized carbons (Fsp3) is 0.462. The predicted octanol–water partition coefficient (Wildman–Crippen LogP) is 0.886. The minimum Gasteiger partial charge on any atom is -0.481 e. The van der Waals surface area contributed by atoms with Gasteiger partial charge in [-0.15, -0.1) is 0 Å². The maximum Gasteiger partial charge on any atom is 0.263 e. The summed E-state index contributed by atoms with van der Waals surface area (Å²) in [5, 5.41) is 3.22.